The average molecular weight is 395 g/mol. The minimum Gasteiger partial charge on any atom is -0.497 e. The summed E-state index contributed by atoms with van der Waals surface area (Å²) in [5.41, 5.74) is 0.719. The van der Waals surface area contributed by atoms with E-state index in [4.69, 9.17) is 18.9 Å². The number of esters is 2. The molecule has 0 saturated carbocycles. The molecule has 1 aromatic rings. The van der Waals surface area contributed by atoms with Crippen LogP contribution in [0.15, 0.2) is 18.2 Å². The topological polar surface area (TPSA) is 91.4 Å². The van der Waals surface area contributed by atoms with Crippen LogP contribution >= 0.6 is 0 Å². The van der Waals surface area contributed by atoms with Gasteiger partial charge in [0.1, 0.15) is 17.9 Å². The number of carbonyl (C=O) groups excluding carboxylic acids is 3. The summed E-state index contributed by atoms with van der Waals surface area (Å²) in [4.78, 5) is 37.8. The van der Waals surface area contributed by atoms with E-state index in [0.717, 1.165) is 5.56 Å². The standard InChI is InChI=1S/C20H29NO7/c1-6-27-19(23)10-14(3)21(18(22)12-20(24)28-7-2)13-15-8-9-16(25-4)11-17(15)26-5/h8-9,11,14H,6-7,10,12-13H2,1-5H3. The van der Waals surface area contributed by atoms with Crippen LogP contribution in [0.25, 0.3) is 0 Å². The third kappa shape index (κ3) is 7.09. The fourth-order valence-electron chi connectivity index (χ4n) is 2.66. The van der Waals surface area contributed by atoms with E-state index < -0.39 is 30.3 Å². The number of benzene rings is 1. The Hall–Kier alpha value is -2.77. The summed E-state index contributed by atoms with van der Waals surface area (Å²) in [6.45, 7) is 5.73. The van der Waals surface area contributed by atoms with Crippen molar-refractivity contribution in [3.63, 3.8) is 0 Å². The van der Waals surface area contributed by atoms with E-state index in [9.17, 15) is 14.4 Å². The highest BCUT2D eigenvalue weighted by atomic mass is 16.5. The molecule has 0 aromatic heterocycles. The van der Waals surface area contributed by atoms with Crippen molar-refractivity contribution in [3.05, 3.63) is 23.8 Å². The van der Waals surface area contributed by atoms with E-state index in [1.165, 1.54) is 12.0 Å². The lowest BCUT2D eigenvalue weighted by atomic mass is 10.1. The Morgan fingerprint density at radius 2 is 1.64 bits per heavy atom. The Morgan fingerprint density at radius 1 is 1.00 bits per heavy atom. The molecule has 1 unspecified atom stereocenters. The van der Waals surface area contributed by atoms with Crippen molar-refractivity contribution in [1.29, 1.82) is 0 Å². The predicted octanol–water partition coefficient (Wildman–Crippen LogP) is 2.33. The van der Waals surface area contributed by atoms with Crippen LogP contribution in [0.1, 0.15) is 39.2 Å². The second-order valence-corrected chi connectivity index (χ2v) is 6.04. The SMILES string of the molecule is CCOC(=O)CC(=O)N(Cc1ccc(OC)cc1OC)C(C)CC(=O)OCC. The van der Waals surface area contributed by atoms with Crippen LogP contribution in [0.4, 0.5) is 0 Å². The maximum absolute atomic E-state index is 12.7. The van der Waals surface area contributed by atoms with Crippen molar-refractivity contribution >= 4 is 17.8 Å². The molecule has 1 aromatic carbocycles. The molecule has 0 saturated heterocycles. The quantitative estimate of drug-likeness (QED) is 0.419. The van der Waals surface area contributed by atoms with Crippen LogP contribution < -0.4 is 9.47 Å². The fourth-order valence-corrected chi connectivity index (χ4v) is 2.66. The largest absolute Gasteiger partial charge is 0.497 e. The molecular weight excluding hydrogens is 366 g/mol. The van der Waals surface area contributed by atoms with E-state index in [2.05, 4.69) is 0 Å². The van der Waals surface area contributed by atoms with Crippen molar-refractivity contribution < 1.29 is 33.3 Å². The normalized spacial score (nSPS) is 11.3. The summed E-state index contributed by atoms with van der Waals surface area (Å²) in [5, 5.41) is 0. The van der Waals surface area contributed by atoms with E-state index in [0.29, 0.717) is 11.5 Å². The van der Waals surface area contributed by atoms with Crippen LogP contribution in [-0.2, 0) is 30.4 Å². The van der Waals surface area contributed by atoms with Gasteiger partial charge in [-0.05, 0) is 32.9 Å². The summed E-state index contributed by atoms with van der Waals surface area (Å²) in [5.74, 6) is -0.303. The molecule has 0 aliphatic carbocycles. The zero-order valence-corrected chi connectivity index (χ0v) is 17.1. The molecule has 0 aliphatic heterocycles. The second-order valence-electron chi connectivity index (χ2n) is 6.04. The summed E-state index contributed by atoms with van der Waals surface area (Å²) in [6, 6.07) is 4.76. The lowest BCUT2D eigenvalue weighted by Crippen LogP contribution is -2.40. The molecule has 1 amide bonds. The van der Waals surface area contributed by atoms with Gasteiger partial charge in [-0.25, -0.2) is 0 Å². The molecule has 0 heterocycles. The maximum atomic E-state index is 12.7. The van der Waals surface area contributed by atoms with Crippen LogP contribution in [0, 0.1) is 0 Å². The van der Waals surface area contributed by atoms with Crippen LogP contribution in [0.5, 0.6) is 11.5 Å². The zero-order chi connectivity index (χ0) is 21.1. The molecule has 156 valence electrons. The summed E-state index contributed by atoms with van der Waals surface area (Å²) < 4.78 is 20.4. The lowest BCUT2D eigenvalue weighted by Gasteiger charge is -2.29. The van der Waals surface area contributed by atoms with Crippen molar-refractivity contribution in [2.45, 2.75) is 46.2 Å². The Kier molecular flexibility index (Phi) is 9.84. The smallest absolute Gasteiger partial charge is 0.315 e. The Balaban J connectivity index is 3.07. The first-order chi connectivity index (χ1) is 13.4. The van der Waals surface area contributed by atoms with Crippen molar-refractivity contribution in [2.24, 2.45) is 0 Å². The van der Waals surface area contributed by atoms with Crippen LogP contribution in [-0.4, -0.2) is 56.2 Å². The number of ether oxygens (including phenoxy) is 4. The van der Waals surface area contributed by atoms with Gasteiger partial charge in [0, 0.05) is 24.2 Å². The highest BCUT2D eigenvalue weighted by molar-refractivity contribution is 5.94. The molecule has 28 heavy (non-hydrogen) atoms. The lowest BCUT2D eigenvalue weighted by molar-refractivity contribution is -0.150. The van der Waals surface area contributed by atoms with Gasteiger partial charge in [0.2, 0.25) is 5.91 Å². The monoisotopic (exact) mass is 395 g/mol. The van der Waals surface area contributed by atoms with E-state index in [-0.39, 0.29) is 26.2 Å². The van der Waals surface area contributed by atoms with Crippen molar-refractivity contribution in [2.75, 3.05) is 27.4 Å². The third-order valence-corrected chi connectivity index (χ3v) is 4.06. The average Bonchev–Trinajstić information content (AvgIpc) is 2.65. The van der Waals surface area contributed by atoms with Gasteiger partial charge in [-0.15, -0.1) is 0 Å². The fraction of sp³-hybridized carbons (Fsp3) is 0.550. The molecule has 8 heteroatoms. The molecule has 0 radical (unpaired) electrons. The molecule has 0 fully saturated rings. The minimum atomic E-state index is -0.609. The molecule has 1 atom stereocenters. The van der Waals surface area contributed by atoms with E-state index in [1.54, 1.807) is 46.1 Å². The Bertz CT molecular complexity index is 675. The number of rotatable bonds is 11. The third-order valence-electron chi connectivity index (χ3n) is 4.06. The number of amides is 1. The molecule has 0 aliphatic rings. The van der Waals surface area contributed by atoms with E-state index in [1.807, 2.05) is 0 Å². The molecule has 8 nitrogen and oxygen atoms in total. The highest BCUT2D eigenvalue weighted by Crippen LogP contribution is 2.27. The molecule has 1 rings (SSSR count). The Labute approximate surface area is 165 Å². The molecular formula is C20H29NO7. The van der Waals surface area contributed by atoms with Gasteiger partial charge in [0.25, 0.3) is 0 Å². The van der Waals surface area contributed by atoms with Crippen LogP contribution in [0.2, 0.25) is 0 Å². The minimum absolute atomic E-state index is 0.0148. The first kappa shape index (κ1) is 23.3. The van der Waals surface area contributed by atoms with Gasteiger partial charge in [-0.1, -0.05) is 0 Å². The molecule has 0 bridgehead atoms. The van der Waals surface area contributed by atoms with Gasteiger partial charge in [-0.3, -0.25) is 14.4 Å². The number of hydrogen-bond acceptors (Lipinski definition) is 7. The summed E-state index contributed by atoms with van der Waals surface area (Å²) >= 11 is 0. The zero-order valence-electron chi connectivity index (χ0n) is 17.1. The van der Waals surface area contributed by atoms with Gasteiger partial charge >= 0.3 is 11.9 Å². The van der Waals surface area contributed by atoms with Crippen molar-refractivity contribution in [3.8, 4) is 11.5 Å². The van der Waals surface area contributed by atoms with Gasteiger partial charge < -0.3 is 23.8 Å². The highest BCUT2D eigenvalue weighted by Gasteiger charge is 2.26. The van der Waals surface area contributed by atoms with Gasteiger partial charge in [0.15, 0.2) is 0 Å². The van der Waals surface area contributed by atoms with E-state index >= 15 is 0 Å². The number of methoxy groups -OCH3 is 2. The predicted molar refractivity (Wildman–Crippen MR) is 102 cm³/mol. The first-order valence-corrected chi connectivity index (χ1v) is 9.17. The van der Waals surface area contributed by atoms with Crippen molar-refractivity contribution in [1.82, 2.24) is 4.90 Å². The second kappa shape index (κ2) is 11.8. The van der Waals surface area contributed by atoms with Crippen LogP contribution in [0.3, 0.4) is 0 Å². The summed E-state index contributed by atoms with van der Waals surface area (Å²) in [6.07, 6.45) is -0.389. The number of hydrogen-bond donors (Lipinski definition) is 0. The summed E-state index contributed by atoms with van der Waals surface area (Å²) in [7, 11) is 3.07. The first-order valence-electron chi connectivity index (χ1n) is 9.17. The molecule has 0 spiro atoms. The Morgan fingerprint density at radius 3 is 2.21 bits per heavy atom. The number of carbonyl (C=O) groups is 3. The molecule has 0 N–H and O–H groups in total. The van der Waals surface area contributed by atoms with Gasteiger partial charge in [0.05, 0.1) is 33.9 Å². The maximum Gasteiger partial charge on any atom is 0.315 e. The number of nitrogens with zero attached hydrogens (tertiary/aromatic N) is 1. The van der Waals surface area contributed by atoms with Gasteiger partial charge in [-0.2, -0.15) is 0 Å².